The van der Waals surface area contributed by atoms with Gasteiger partial charge in [-0.2, -0.15) is 0 Å². The average molecular weight is 2610 g/mol. The minimum absolute atomic E-state index is 0.112. The maximum atomic E-state index is 10.1. The first-order chi connectivity index (χ1) is 64.1. The van der Waals surface area contributed by atoms with Gasteiger partial charge in [-0.05, 0) is 479 Å². The van der Waals surface area contributed by atoms with Gasteiger partial charge < -0.3 is 144 Å². The molecule has 147 heavy (non-hydrogen) atoms. The molecular weight excluding hydrogens is 2400 g/mol. The van der Waals surface area contributed by atoms with Gasteiger partial charge in [-0.3, -0.25) is 0 Å². The third kappa shape index (κ3) is 62.7. The number of hydrogen-bond donors (Lipinski definition) is 3. The summed E-state index contributed by atoms with van der Waals surface area (Å²) in [6.07, 6.45) is 3.56. The van der Waals surface area contributed by atoms with E-state index in [2.05, 4.69) is 262 Å². The van der Waals surface area contributed by atoms with Crippen molar-refractivity contribution in [3.8, 4) is 17.2 Å². The quantitative estimate of drug-likeness (QED) is 0.0518. The topological polar surface area (TPSA) is 347 Å². The molecule has 0 aliphatic carbocycles. The van der Waals surface area contributed by atoms with E-state index in [0.29, 0.717) is 11.3 Å². The van der Waals surface area contributed by atoms with Crippen molar-refractivity contribution in [3.63, 3.8) is 0 Å². The number of ether oxygens (including phenoxy) is 1. The number of aliphatic hydroxyl groups excluding tert-OH is 1. The van der Waals surface area contributed by atoms with Crippen molar-refractivity contribution in [1.29, 1.82) is 0 Å². The summed E-state index contributed by atoms with van der Waals surface area (Å²) in [5.74, 6) is 0.734. The number of aromatic hydroxyl groups is 2. The Balaban J connectivity index is 2.04. The summed E-state index contributed by atoms with van der Waals surface area (Å²) in [6.45, 7) is 128. The van der Waals surface area contributed by atoms with Gasteiger partial charge in [0.25, 0.3) is 0 Å². The van der Waals surface area contributed by atoms with Gasteiger partial charge in [-0.1, -0.05) is 12.1 Å². The monoisotopic (exact) mass is 2610 g/mol. The van der Waals surface area contributed by atoms with Crippen LogP contribution in [0.3, 0.4) is 0 Å². The molecule has 65 heteroatoms. The molecule has 0 bridgehead atoms. The highest BCUT2D eigenvalue weighted by Crippen LogP contribution is 2.41. The van der Waals surface area contributed by atoms with Gasteiger partial charge >= 0.3 is 248 Å². The summed E-state index contributed by atoms with van der Waals surface area (Å²) in [4.78, 5) is 0. The van der Waals surface area contributed by atoms with Crippen LogP contribution in [-0.2, 0) is 143 Å². The number of rotatable bonds is 70. The molecule has 0 saturated carbocycles. The van der Waals surface area contributed by atoms with Crippen molar-refractivity contribution in [2.45, 2.75) is 450 Å². The van der Waals surface area contributed by atoms with E-state index in [0.717, 1.165) is 48.9 Å². The Morgan fingerprint density at radius 2 is 0.293 bits per heavy atom. The highest BCUT2D eigenvalue weighted by atomic mass is 28.6. The lowest BCUT2D eigenvalue weighted by molar-refractivity contribution is 0.242. The SMILES string of the molecule is COc1cc(CCC[Si](C)(C)O[Si](C)(C)O[Si](C)(C)O[Si](C)(C)O[Si](C)(C)O[Si](C)(C)O[Si](C)(C)O[Si](C)(C)O[Si](C)(C)O[Si](C)(C)O[Si](C)(C)O[Si](C)(C)O[Si](C)(C)O[Si](C)(C)O[Si](C)(C)O[Si](C)(C)O[Si](C)(C)O[Si](C)(C)O[Si](C)(C)O[Si](C)(C)O[Si](C)(C)O[Si](C)(C)O[Si](C)(C)O[Si](C)(C)O[Si](C)(C)O[Si](C)(C)O[Si](C)(C)O[Si](C)(C)O[Si](C)(C)O[Si](C)(C)O[Si](C)(C)CCCc2ccc(O)c(CO)c2)ccc1O. The van der Waals surface area contributed by atoms with E-state index < -0.39 is 265 Å². The fourth-order valence-corrected chi connectivity index (χ4v) is 184. The summed E-state index contributed by atoms with van der Waals surface area (Å²) in [7, 11) is -86.9. The third-order valence-electron chi connectivity index (χ3n) is 19.9. The minimum atomic E-state index is -2.97. The maximum absolute atomic E-state index is 10.1. The normalized spacial score (nSPS) is 15.6. The fourth-order valence-electron chi connectivity index (χ4n) is 21.8. The van der Waals surface area contributed by atoms with Crippen LogP contribution in [0.25, 0.3) is 0 Å². The van der Waals surface area contributed by atoms with E-state index in [1.165, 1.54) is 0 Å². The largest absolute Gasteiger partial charge is 0.508 e. The second-order valence-electron chi connectivity index (χ2n) is 53.0. The number of aliphatic hydroxyl groups is 1. The Labute approximate surface area is 927 Å². The summed E-state index contributed by atoms with van der Waals surface area (Å²) >= 11 is 0. The molecule has 868 valence electrons. The van der Waals surface area contributed by atoms with Gasteiger partial charge in [0.05, 0.1) is 13.7 Å². The van der Waals surface area contributed by atoms with Crippen molar-refractivity contribution < 1.29 is 144 Å². The lowest BCUT2D eigenvalue weighted by Gasteiger charge is -2.45. The van der Waals surface area contributed by atoms with Crippen LogP contribution in [0.1, 0.15) is 29.5 Å². The fraction of sp³-hybridized carbons (Fsp3) is 0.854. The number of benzene rings is 2. The van der Waals surface area contributed by atoms with Gasteiger partial charge in [0.1, 0.15) is 5.75 Å². The Morgan fingerprint density at radius 1 is 0.170 bits per heavy atom. The van der Waals surface area contributed by atoms with E-state index in [1.807, 2.05) is 168 Å². The summed E-state index contributed by atoms with van der Waals surface area (Å²) in [5.41, 5.74) is 2.73. The highest BCUT2D eigenvalue weighted by molar-refractivity contribution is 6.99. The molecule has 0 heterocycles. The van der Waals surface area contributed by atoms with Gasteiger partial charge in [-0.15, -0.1) is 0 Å². The average Bonchev–Trinajstić information content (AvgIpc) is 0.790. The number of phenols is 2. The third-order valence-corrected chi connectivity index (χ3v) is 141. The molecule has 3 N–H and O–H groups in total. The van der Waals surface area contributed by atoms with Crippen LogP contribution in [0.15, 0.2) is 36.4 Å². The highest BCUT2D eigenvalue weighted by Gasteiger charge is 2.59. The molecule has 0 spiro atoms. The Kier molecular flexibility index (Phi) is 51.8. The Bertz CT molecular complexity index is 4090. The van der Waals surface area contributed by atoms with Gasteiger partial charge in [0.15, 0.2) is 28.1 Å². The van der Waals surface area contributed by atoms with E-state index in [4.69, 9.17) is 128 Å². The molecule has 0 aliphatic heterocycles. The van der Waals surface area contributed by atoms with Gasteiger partial charge in [0.2, 0.25) is 0 Å². The number of phenolic OH excluding ortho intramolecular Hbond substituents is 1. The molecule has 2 rings (SSSR count). The number of hydrogen-bond acceptors (Lipinski definition) is 34. The Morgan fingerprint density at radius 3 is 0.422 bits per heavy atom. The van der Waals surface area contributed by atoms with E-state index in [-0.39, 0.29) is 18.1 Å². The summed E-state index contributed by atoms with van der Waals surface area (Å²) in [6, 6.07) is 12.9. The minimum Gasteiger partial charge on any atom is -0.508 e. The molecule has 34 nitrogen and oxygen atoms in total. The zero-order valence-electron chi connectivity index (χ0n) is 104. The first-order valence-corrected chi connectivity index (χ1v) is 140. The maximum Gasteiger partial charge on any atom is 0.314 e. The molecule has 2 aromatic rings. The molecule has 0 atom stereocenters. The molecule has 0 aliphatic rings. The van der Waals surface area contributed by atoms with Crippen LogP contribution < -0.4 is 4.74 Å². The second kappa shape index (κ2) is 52.0. The number of methoxy groups -OCH3 is 1. The second-order valence-corrected chi connectivity index (χ2v) is 167. The van der Waals surface area contributed by atoms with E-state index in [1.54, 1.807) is 19.2 Å². The zero-order valence-corrected chi connectivity index (χ0v) is 135. The standard InChI is InChI=1S/C82H212O34Si31/c1-86-82-75-78(69-71-81(82)85)67-65-73-118(4,5)88-120(8,9)90-122(12,13)92-124(16,17)94-126(20,21)96-128(24,25)98-130(28,29)100-132(32,33)102-134(36,37)104-136(40,41)106-138(44,45)108-140(48,49)110-142(52,53)112-144(56,57)114-146(60,61)116-147(62,63)115-145(58,59)113-143(54,55)111-141(50,51)109-139(46,47)107-137(42,43)105-135(38,39)103-133(34,35)101-131(30,31)99-129(26,27)97-127(22,23)95-125(18,19)93-123(14,15)91-121(10,11)89-119(6,7)87-117(2,3)72-64-66-77-68-70-80(84)79(74-77)76-83/h68-71,74-75,83-85H,64-67,72-73,76H2,1-63H3. The first-order valence-electron chi connectivity index (χ1n) is 51.9. The lowest BCUT2D eigenvalue weighted by atomic mass is 10.1. The van der Waals surface area contributed by atoms with Crippen molar-refractivity contribution >= 4 is 265 Å². The van der Waals surface area contributed by atoms with Crippen molar-refractivity contribution in [1.82, 2.24) is 0 Å². The predicted octanol–water partition coefficient (Wildman–Crippen LogP) is 26.4. The van der Waals surface area contributed by atoms with E-state index in [9.17, 15) is 15.3 Å². The summed E-state index contributed by atoms with van der Waals surface area (Å²) in [5, 5.41) is 29.8. The van der Waals surface area contributed by atoms with Crippen molar-refractivity contribution in [2.75, 3.05) is 7.11 Å². The summed E-state index contributed by atoms with van der Waals surface area (Å²) < 4.78 is 216. The zero-order chi connectivity index (χ0) is 116. The van der Waals surface area contributed by atoms with Crippen molar-refractivity contribution in [2.24, 2.45) is 0 Å². The molecule has 0 unspecified atom stereocenters. The molecule has 0 amide bonds. The first kappa shape index (κ1) is 146. The molecule has 0 fully saturated rings. The van der Waals surface area contributed by atoms with Crippen molar-refractivity contribution in [3.05, 3.63) is 53.1 Å². The molecular formula is C82H212O34Si31. The molecule has 0 saturated heterocycles. The van der Waals surface area contributed by atoms with Gasteiger partial charge in [0, 0.05) is 5.56 Å². The van der Waals surface area contributed by atoms with Crippen LogP contribution >= 0.6 is 0 Å². The Hall–Kier alpha value is 3.32. The van der Waals surface area contributed by atoms with Crippen LogP contribution in [0.2, 0.25) is 418 Å². The van der Waals surface area contributed by atoms with E-state index >= 15 is 0 Å². The predicted molar refractivity (Wildman–Crippen MR) is 669 cm³/mol. The molecule has 2 aromatic carbocycles. The number of aryl methyl sites for hydroxylation is 2. The smallest absolute Gasteiger partial charge is 0.314 e. The van der Waals surface area contributed by atoms with Crippen LogP contribution in [0, 0.1) is 0 Å². The molecule has 0 radical (unpaired) electrons. The van der Waals surface area contributed by atoms with Gasteiger partial charge in [-0.25, -0.2) is 0 Å². The lowest BCUT2D eigenvalue weighted by Crippen LogP contribution is -2.63. The van der Waals surface area contributed by atoms with Crippen LogP contribution in [-0.4, -0.2) is 287 Å². The van der Waals surface area contributed by atoms with Crippen LogP contribution in [0.5, 0.6) is 17.2 Å². The molecule has 0 aromatic heterocycles. The van der Waals surface area contributed by atoms with Crippen LogP contribution in [0.4, 0.5) is 0 Å².